The Labute approximate surface area is 192 Å². The van der Waals surface area contributed by atoms with E-state index in [2.05, 4.69) is 19.9 Å². The molecule has 0 radical (unpaired) electrons. The molecule has 3 aromatic heterocycles. The Balaban J connectivity index is 1.81. The summed E-state index contributed by atoms with van der Waals surface area (Å²) in [4.78, 5) is 15.8. The molecule has 1 aliphatic rings. The Morgan fingerprint density at radius 3 is 2.70 bits per heavy atom. The van der Waals surface area contributed by atoms with Gasteiger partial charge in [-0.25, -0.2) is 9.97 Å². The highest BCUT2D eigenvalue weighted by molar-refractivity contribution is 6.29. The molecule has 5 rings (SSSR count). The van der Waals surface area contributed by atoms with Crippen molar-refractivity contribution in [3.05, 3.63) is 100 Å². The van der Waals surface area contributed by atoms with Gasteiger partial charge < -0.3 is 10.5 Å². The maximum absolute atomic E-state index is 14.8. The summed E-state index contributed by atoms with van der Waals surface area (Å²) >= 11 is 6.11. The van der Waals surface area contributed by atoms with Crippen molar-refractivity contribution in [1.82, 2.24) is 15.0 Å². The van der Waals surface area contributed by atoms with Crippen molar-refractivity contribution in [3.63, 3.8) is 0 Å². The predicted octanol–water partition coefficient (Wildman–Crippen LogP) is 5.09. The second-order valence-electron chi connectivity index (χ2n) is 7.36. The highest BCUT2D eigenvalue weighted by atomic mass is 35.5. The lowest BCUT2D eigenvalue weighted by atomic mass is 9.80. The minimum absolute atomic E-state index is 0.0275. The molecule has 4 heterocycles. The summed E-state index contributed by atoms with van der Waals surface area (Å²) in [6.45, 7) is 0. The van der Waals surface area contributed by atoms with E-state index in [1.807, 2.05) is 0 Å². The third kappa shape index (κ3) is 3.58. The predicted molar refractivity (Wildman–Crippen MR) is 121 cm³/mol. The van der Waals surface area contributed by atoms with Gasteiger partial charge in [0.05, 0.1) is 0 Å². The Bertz CT molecular complexity index is 1430. The highest BCUT2D eigenvalue weighted by Gasteiger charge is 2.34. The monoisotopic (exact) mass is 463 g/mol. The van der Waals surface area contributed by atoms with Crippen LogP contribution in [0.15, 0.2) is 66.0 Å². The molecule has 0 aliphatic carbocycles. The molecule has 0 fully saturated rings. The van der Waals surface area contributed by atoms with E-state index in [1.165, 1.54) is 6.20 Å². The average molecular weight is 464 g/mol. The molecule has 0 amide bonds. The first-order valence-electron chi connectivity index (χ1n) is 9.93. The summed E-state index contributed by atoms with van der Waals surface area (Å²) in [7, 11) is 1.58. The number of amidine groups is 1. The number of pyridine rings is 3. The van der Waals surface area contributed by atoms with Gasteiger partial charge in [-0.3, -0.25) is 9.98 Å². The minimum atomic E-state index is -0.835. The summed E-state index contributed by atoms with van der Waals surface area (Å²) < 4.78 is 35.1. The van der Waals surface area contributed by atoms with E-state index in [-0.39, 0.29) is 16.7 Å². The molecular weight excluding hydrogens is 448 g/mol. The zero-order valence-corrected chi connectivity index (χ0v) is 18.0. The van der Waals surface area contributed by atoms with Crippen molar-refractivity contribution in [1.29, 1.82) is 0 Å². The number of hydrogen-bond acceptors (Lipinski definition) is 5. The van der Waals surface area contributed by atoms with Gasteiger partial charge in [0.25, 0.3) is 5.95 Å². The number of ether oxygens (including phenoxy) is 1. The highest BCUT2D eigenvalue weighted by Crippen LogP contribution is 2.50. The number of benzene rings is 1. The lowest BCUT2D eigenvalue weighted by Crippen LogP contribution is -2.20. The molecule has 164 valence electrons. The van der Waals surface area contributed by atoms with Crippen molar-refractivity contribution >= 4 is 17.4 Å². The van der Waals surface area contributed by atoms with Gasteiger partial charge in [0, 0.05) is 53.8 Å². The van der Waals surface area contributed by atoms with Crippen LogP contribution in [-0.2, 0) is 0 Å². The number of aromatic nitrogens is 3. The second kappa shape index (κ2) is 8.22. The number of fused-ring (bicyclic) bond motifs is 2. The van der Waals surface area contributed by atoms with Gasteiger partial charge in [-0.05, 0) is 47.5 Å². The molecule has 1 aliphatic heterocycles. The summed E-state index contributed by atoms with van der Waals surface area (Å²) in [5.41, 5.74) is 9.46. The molecule has 0 spiro atoms. The van der Waals surface area contributed by atoms with Crippen LogP contribution in [0.25, 0.3) is 11.1 Å². The van der Waals surface area contributed by atoms with Crippen molar-refractivity contribution < 1.29 is 13.5 Å². The van der Waals surface area contributed by atoms with Crippen molar-refractivity contribution in [3.8, 4) is 22.6 Å². The summed E-state index contributed by atoms with van der Waals surface area (Å²) in [6, 6.07) is 11.7. The fourth-order valence-corrected chi connectivity index (χ4v) is 4.24. The third-order valence-electron chi connectivity index (χ3n) is 5.52. The van der Waals surface area contributed by atoms with Crippen molar-refractivity contribution in [2.24, 2.45) is 10.7 Å². The van der Waals surface area contributed by atoms with E-state index >= 15 is 0 Å². The maximum atomic E-state index is 14.8. The molecule has 4 aromatic rings. The lowest BCUT2D eigenvalue weighted by molar-refractivity contribution is 0.406. The molecule has 1 aromatic carbocycles. The van der Waals surface area contributed by atoms with Crippen molar-refractivity contribution in [2.75, 3.05) is 7.05 Å². The molecule has 0 saturated heterocycles. The average Bonchev–Trinajstić information content (AvgIpc) is 2.82. The van der Waals surface area contributed by atoms with Crippen LogP contribution in [0.3, 0.4) is 0 Å². The largest absolute Gasteiger partial charge is 0.452 e. The molecule has 9 heteroatoms. The van der Waals surface area contributed by atoms with Gasteiger partial charge >= 0.3 is 0 Å². The van der Waals surface area contributed by atoms with Gasteiger partial charge in [0.15, 0.2) is 5.75 Å². The van der Waals surface area contributed by atoms with Crippen LogP contribution in [0.4, 0.5) is 8.78 Å². The van der Waals surface area contributed by atoms with Gasteiger partial charge in [0.1, 0.15) is 16.7 Å². The smallest absolute Gasteiger partial charge is 0.257 e. The normalized spacial score (nSPS) is 14.9. The van der Waals surface area contributed by atoms with Crippen LogP contribution in [-0.4, -0.2) is 27.8 Å². The van der Waals surface area contributed by atoms with Gasteiger partial charge in [-0.1, -0.05) is 17.7 Å². The van der Waals surface area contributed by atoms with E-state index < -0.39 is 17.8 Å². The quantitative estimate of drug-likeness (QED) is 0.229. The SMILES string of the molecule is CN=C(N)c1ccncc1[C@@H]1c2cc(-c3cccnc3F)ccc2Oc2c1cc(Cl)nc2F. The number of rotatable bonds is 3. The molecule has 1 atom stereocenters. The third-order valence-corrected chi connectivity index (χ3v) is 5.72. The molecule has 6 nitrogen and oxygen atoms in total. The maximum Gasteiger partial charge on any atom is 0.257 e. The topological polar surface area (TPSA) is 86.3 Å². The first kappa shape index (κ1) is 21.0. The molecule has 33 heavy (non-hydrogen) atoms. The summed E-state index contributed by atoms with van der Waals surface area (Å²) in [5, 5.41) is -0.0275. The number of hydrogen-bond donors (Lipinski definition) is 1. The van der Waals surface area contributed by atoms with Gasteiger partial charge in [0.2, 0.25) is 5.95 Å². The summed E-state index contributed by atoms with van der Waals surface area (Å²) in [5.74, 6) is -1.38. The fraction of sp³-hybridized carbons (Fsp3) is 0.0833. The Hall–Kier alpha value is -3.91. The van der Waals surface area contributed by atoms with Gasteiger partial charge in [-0.15, -0.1) is 0 Å². The summed E-state index contributed by atoms with van der Waals surface area (Å²) in [6.07, 6.45) is 4.62. The number of nitrogens with zero attached hydrogens (tertiary/aromatic N) is 4. The van der Waals surface area contributed by atoms with Crippen LogP contribution in [0, 0.1) is 11.9 Å². The zero-order valence-electron chi connectivity index (χ0n) is 17.3. The molecule has 2 N–H and O–H groups in total. The first-order valence-corrected chi connectivity index (χ1v) is 10.3. The second-order valence-corrected chi connectivity index (χ2v) is 7.74. The van der Waals surface area contributed by atoms with Crippen LogP contribution < -0.4 is 10.5 Å². The van der Waals surface area contributed by atoms with Crippen LogP contribution >= 0.6 is 11.6 Å². The van der Waals surface area contributed by atoms with Gasteiger partial charge in [-0.2, -0.15) is 8.78 Å². The van der Waals surface area contributed by atoms with E-state index in [1.54, 1.807) is 61.9 Å². The molecule has 0 bridgehead atoms. The van der Waals surface area contributed by atoms with E-state index in [9.17, 15) is 8.78 Å². The van der Waals surface area contributed by atoms with E-state index in [4.69, 9.17) is 22.1 Å². The number of nitrogens with two attached hydrogens (primary N) is 1. The standard InChI is InChI=1S/C24H16ClF2N5O/c1-29-24(28)14-6-8-30-11-17(14)20-15-9-12(13-3-2-7-31-22(13)26)4-5-18(15)33-21-16(20)10-19(25)32-23(21)27/h2-11,20H,1H3,(H2,28,29)/t20-/m1/s1. The van der Waals surface area contributed by atoms with Crippen LogP contribution in [0.5, 0.6) is 11.5 Å². The Morgan fingerprint density at radius 2 is 1.91 bits per heavy atom. The van der Waals surface area contributed by atoms with Crippen LogP contribution in [0.1, 0.15) is 28.2 Å². The Kier molecular flexibility index (Phi) is 5.22. The zero-order chi connectivity index (χ0) is 23.1. The Morgan fingerprint density at radius 1 is 1.06 bits per heavy atom. The molecular formula is C24H16ClF2N5O. The van der Waals surface area contributed by atoms with E-state index in [0.29, 0.717) is 39.1 Å². The van der Waals surface area contributed by atoms with Crippen molar-refractivity contribution in [2.45, 2.75) is 5.92 Å². The van der Waals surface area contributed by atoms with Crippen LogP contribution in [0.2, 0.25) is 5.15 Å². The van der Waals surface area contributed by atoms with E-state index in [0.717, 1.165) is 0 Å². The molecule has 0 unspecified atom stereocenters. The molecule has 0 saturated carbocycles. The number of aliphatic imine (C=N–C) groups is 1. The fourth-order valence-electron chi connectivity index (χ4n) is 4.04. The number of halogens is 3. The minimum Gasteiger partial charge on any atom is -0.452 e. The lowest BCUT2D eigenvalue weighted by Gasteiger charge is -2.30. The first-order chi connectivity index (χ1) is 16.0.